The Morgan fingerprint density at radius 3 is 2.68 bits per heavy atom. The van der Waals surface area contributed by atoms with Gasteiger partial charge in [-0.15, -0.1) is 0 Å². The number of rotatable bonds is 8. The summed E-state index contributed by atoms with van der Waals surface area (Å²) in [7, 11) is -4.14. The number of hydrogen-bond donors (Lipinski definition) is 1. The third kappa shape index (κ3) is 5.10. The predicted molar refractivity (Wildman–Crippen MR) is 95.8 cm³/mol. The highest BCUT2D eigenvalue weighted by atomic mass is 32.2. The maximum absolute atomic E-state index is 12.8. The molecule has 1 aromatic heterocycles. The van der Waals surface area contributed by atoms with Gasteiger partial charge in [-0.05, 0) is 45.7 Å². The fourth-order valence-corrected chi connectivity index (χ4v) is 4.33. The molecule has 0 saturated carbocycles. The molecule has 1 aliphatic rings. The number of furan rings is 1. The zero-order valence-corrected chi connectivity index (χ0v) is 16.8. The normalized spacial score (nSPS) is 17.5. The van der Waals surface area contributed by atoms with Crippen molar-refractivity contribution in [3.05, 3.63) is 17.9 Å². The predicted octanol–water partition coefficient (Wildman–Crippen LogP) is 0.677. The van der Waals surface area contributed by atoms with Crippen molar-refractivity contribution < 1.29 is 36.7 Å². The van der Waals surface area contributed by atoms with E-state index >= 15 is 0 Å². The summed E-state index contributed by atoms with van der Waals surface area (Å²) in [5.41, 5.74) is 0. The van der Waals surface area contributed by atoms with Crippen LogP contribution in [-0.4, -0.2) is 62.4 Å². The second-order valence-electron chi connectivity index (χ2n) is 6.37. The molecule has 2 heterocycles. The lowest BCUT2D eigenvalue weighted by Gasteiger charge is -2.22. The van der Waals surface area contributed by atoms with Crippen molar-refractivity contribution in [2.45, 2.75) is 50.9 Å². The van der Waals surface area contributed by atoms with Gasteiger partial charge in [0.25, 0.3) is 10.0 Å². The Labute approximate surface area is 163 Å². The molecule has 1 aromatic rings. The maximum atomic E-state index is 12.8. The molecule has 1 aliphatic heterocycles. The van der Waals surface area contributed by atoms with Gasteiger partial charge in [0, 0.05) is 6.54 Å². The Kier molecular flexibility index (Phi) is 7.19. The van der Waals surface area contributed by atoms with Crippen molar-refractivity contribution in [3.63, 3.8) is 0 Å². The van der Waals surface area contributed by atoms with Crippen molar-refractivity contribution >= 4 is 27.9 Å². The molecule has 1 saturated heterocycles. The highest BCUT2D eigenvalue weighted by Crippen LogP contribution is 2.27. The second kappa shape index (κ2) is 9.20. The largest absolute Gasteiger partial charge is 0.462 e. The van der Waals surface area contributed by atoms with Gasteiger partial charge in [0.2, 0.25) is 16.8 Å². The lowest BCUT2D eigenvalue weighted by molar-refractivity contribution is -0.147. The minimum atomic E-state index is -4.14. The van der Waals surface area contributed by atoms with Gasteiger partial charge in [-0.1, -0.05) is 0 Å². The number of amides is 1. The van der Waals surface area contributed by atoms with E-state index < -0.39 is 39.0 Å². The molecule has 11 heteroatoms. The lowest BCUT2D eigenvalue weighted by Crippen LogP contribution is -2.47. The van der Waals surface area contributed by atoms with Gasteiger partial charge < -0.3 is 19.2 Å². The van der Waals surface area contributed by atoms with Crippen molar-refractivity contribution in [1.82, 2.24) is 9.62 Å². The Morgan fingerprint density at radius 1 is 1.32 bits per heavy atom. The summed E-state index contributed by atoms with van der Waals surface area (Å²) in [6, 6.07) is 1.38. The first-order chi connectivity index (χ1) is 13.2. The molecule has 1 unspecified atom stereocenters. The first kappa shape index (κ1) is 21.9. The Hall–Kier alpha value is -2.40. The lowest BCUT2D eigenvalue weighted by atomic mass is 10.2. The summed E-state index contributed by atoms with van der Waals surface area (Å²) in [6.07, 6.45) is 0.454. The van der Waals surface area contributed by atoms with E-state index in [9.17, 15) is 22.8 Å². The molecule has 156 valence electrons. The number of esters is 2. The van der Waals surface area contributed by atoms with Crippen LogP contribution in [0.4, 0.5) is 0 Å². The van der Waals surface area contributed by atoms with Crippen LogP contribution in [0.1, 0.15) is 44.2 Å². The third-order valence-corrected chi connectivity index (χ3v) is 5.68. The molecule has 10 nitrogen and oxygen atoms in total. The van der Waals surface area contributed by atoms with E-state index in [0.717, 1.165) is 10.4 Å². The van der Waals surface area contributed by atoms with E-state index in [1.54, 1.807) is 20.8 Å². The monoisotopic (exact) mass is 416 g/mol. The minimum Gasteiger partial charge on any atom is -0.462 e. The molecule has 0 bridgehead atoms. The quantitative estimate of drug-likeness (QED) is 0.612. The molecule has 1 fully saturated rings. The number of carbonyl (C=O) groups is 3. The average molecular weight is 416 g/mol. The van der Waals surface area contributed by atoms with E-state index in [1.807, 2.05) is 0 Å². The molecule has 0 spiro atoms. The number of nitrogens with zero attached hydrogens (tertiary/aromatic N) is 1. The van der Waals surface area contributed by atoms with E-state index in [4.69, 9.17) is 13.9 Å². The molecular weight excluding hydrogens is 392 g/mol. The van der Waals surface area contributed by atoms with Crippen molar-refractivity contribution in [3.8, 4) is 0 Å². The Bertz CT molecular complexity index is 830. The summed E-state index contributed by atoms with van der Waals surface area (Å²) in [6.45, 7) is 4.86. The number of ether oxygens (including phenoxy) is 2. The molecule has 1 amide bonds. The maximum Gasteiger partial charge on any atom is 0.374 e. The van der Waals surface area contributed by atoms with E-state index in [-0.39, 0.29) is 31.6 Å². The van der Waals surface area contributed by atoms with Gasteiger partial charge in [0.05, 0.1) is 12.7 Å². The van der Waals surface area contributed by atoms with E-state index in [1.165, 1.54) is 6.07 Å². The summed E-state index contributed by atoms with van der Waals surface area (Å²) in [4.78, 5) is 35.6. The summed E-state index contributed by atoms with van der Waals surface area (Å²) in [5.74, 6) is -2.22. The van der Waals surface area contributed by atoms with Crippen LogP contribution in [0.15, 0.2) is 21.6 Å². The molecule has 0 radical (unpaired) electrons. The van der Waals surface area contributed by atoms with Crippen LogP contribution in [0.25, 0.3) is 0 Å². The smallest absolute Gasteiger partial charge is 0.374 e. The molecule has 28 heavy (non-hydrogen) atoms. The van der Waals surface area contributed by atoms with Crippen LogP contribution in [0.2, 0.25) is 0 Å². The van der Waals surface area contributed by atoms with Gasteiger partial charge in [-0.25, -0.2) is 13.2 Å². The Balaban J connectivity index is 2.09. The standard InChI is InChI=1S/C17H24N2O8S/c1-4-25-17(22)13-7-8-15(27-13)28(23,24)19-9-5-6-12(19)16(21)18-10-14(20)26-11(2)3/h7-8,11-12H,4-6,9-10H2,1-3H3,(H,18,21). The van der Waals surface area contributed by atoms with Gasteiger partial charge >= 0.3 is 11.9 Å². The average Bonchev–Trinajstić information content (AvgIpc) is 3.29. The molecular formula is C17H24N2O8S. The first-order valence-corrected chi connectivity index (χ1v) is 10.4. The van der Waals surface area contributed by atoms with Crippen molar-refractivity contribution in [1.29, 1.82) is 0 Å². The SMILES string of the molecule is CCOC(=O)c1ccc(S(=O)(=O)N2CCCC2C(=O)NCC(=O)OC(C)C)o1. The van der Waals surface area contributed by atoms with Crippen LogP contribution in [0.5, 0.6) is 0 Å². The van der Waals surface area contributed by atoms with Gasteiger partial charge in [0.1, 0.15) is 12.6 Å². The number of nitrogens with one attached hydrogen (secondary N) is 1. The van der Waals surface area contributed by atoms with Crippen molar-refractivity contribution in [2.75, 3.05) is 19.7 Å². The minimum absolute atomic E-state index is 0.117. The molecule has 0 aliphatic carbocycles. The third-order valence-electron chi connectivity index (χ3n) is 3.90. The van der Waals surface area contributed by atoms with Crippen LogP contribution in [-0.2, 0) is 29.1 Å². The summed E-state index contributed by atoms with van der Waals surface area (Å²) >= 11 is 0. The van der Waals surface area contributed by atoms with Crippen LogP contribution in [0.3, 0.4) is 0 Å². The number of carbonyl (C=O) groups excluding carboxylic acids is 3. The Morgan fingerprint density at radius 2 is 2.04 bits per heavy atom. The van der Waals surface area contributed by atoms with E-state index in [0.29, 0.717) is 12.8 Å². The first-order valence-electron chi connectivity index (χ1n) is 8.92. The molecule has 0 aromatic carbocycles. The fourth-order valence-electron chi connectivity index (χ4n) is 2.76. The molecule has 2 rings (SSSR count). The van der Waals surface area contributed by atoms with Crippen LogP contribution >= 0.6 is 0 Å². The zero-order chi connectivity index (χ0) is 20.9. The van der Waals surface area contributed by atoms with Gasteiger partial charge in [-0.2, -0.15) is 4.31 Å². The zero-order valence-electron chi connectivity index (χ0n) is 16.0. The molecule has 1 N–H and O–H groups in total. The summed E-state index contributed by atoms with van der Waals surface area (Å²) < 4.78 is 41.5. The van der Waals surface area contributed by atoms with Crippen LogP contribution in [0, 0.1) is 0 Å². The van der Waals surface area contributed by atoms with Gasteiger partial charge in [-0.3, -0.25) is 9.59 Å². The van der Waals surface area contributed by atoms with Gasteiger partial charge in [0.15, 0.2) is 0 Å². The fraction of sp³-hybridized carbons (Fsp3) is 0.588. The van der Waals surface area contributed by atoms with Crippen molar-refractivity contribution in [2.24, 2.45) is 0 Å². The number of sulfonamides is 1. The second-order valence-corrected chi connectivity index (χ2v) is 8.19. The number of hydrogen-bond acceptors (Lipinski definition) is 8. The highest BCUT2D eigenvalue weighted by Gasteiger charge is 2.41. The van der Waals surface area contributed by atoms with Crippen LogP contribution < -0.4 is 5.32 Å². The molecule has 1 atom stereocenters. The van der Waals surface area contributed by atoms with E-state index in [2.05, 4.69) is 5.32 Å². The highest BCUT2D eigenvalue weighted by molar-refractivity contribution is 7.89. The topological polar surface area (TPSA) is 132 Å². The summed E-state index contributed by atoms with van der Waals surface area (Å²) in [5, 5.41) is 1.95.